The van der Waals surface area contributed by atoms with Gasteiger partial charge in [-0.2, -0.15) is 0 Å². The van der Waals surface area contributed by atoms with E-state index < -0.39 is 5.72 Å². The minimum atomic E-state index is -0.514. The van der Waals surface area contributed by atoms with E-state index >= 15 is 0 Å². The van der Waals surface area contributed by atoms with Gasteiger partial charge in [-0.05, 0) is 25.2 Å². The molecule has 4 heteroatoms. The molecule has 0 aromatic heterocycles. The zero-order valence-electron chi connectivity index (χ0n) is 11.7. The molecule has 0 aliphatic carbocycles. The van der Waals surface area contributed by atoms with Crippen LogP contribution >= 0.6 is 0 Å². The van der Waals surface area contributed by atoms with Gasteiger partial charge in [0.1, 0.15) is 5.72 Å². The van der Waals surface area contributed by atoms with Crippen LogP contribution in [0.3, 0.4) is 0 Å². The second kappa shape index (κ2) is 6.17. The van der Waals surface area contributed by atoms with Crippen molar-refractivity contribution in [2.24, 2.45) is 0 Å². The van der Waals surface area contributed by atoms with Gasteiger partial charge in [-0.25, -0.2) is 0 Å². The van der Waals surface area contributed by atoms with Gasteiger partial charge >= 0.3 is 0 Å². The Labute approximate surface area is 114 Å². The molecule has 2 rings (SSSR count). The third-order valence-electron chi connectivity index (χ3n) is 3.74. The lowest BCUT2D eigenvalue weighted by atomic mass is 9.98. The predicted octanol–water partition coefficient (Wildman–Crippen LogP) is 2.16. The summed E-state index contributed by atoms with van der Waals surface area (Å²) in [7, 11) is 1.70. The SMILES string of the molecule is CCC(=O)N(c1ccccc1)C1(OC)CCNCC1. The highest BCUT2D eigenvalue weighted by molar-refractivity contribution is 5.94. The van der Waals surface area contributed by atoms with Crippen LogP contribution in [0.2, 0.25) is 0 Å². The number of benzene rings is 1. The number of hydrogen-bond donors (Lipinski definition) is 1. The molecule has 1 aromatic carbocycles. The Balaban J connectivity index is 2.39. The zero-order chi connectivity index (χ0) is 13.7. The van der Waals surface area contributed by atoms with E-state index in [-0.39, 0.29) is 5.91 Å². The summed E-state index contributed by atoms with van der Waals surface area (Å²) in [5, 5.41) is 3.32. The summed E-state index contributed by atoms with van der Waals surface area (Å²) >= 11 is 0. The first-order valence-electron chi connectivity index (χ1n) is 6.87. The first-order chi connectivity index (χ1) is 9.23. The molecule has 19 heavy (non-hydrogen) atoms. The number of ether oxygens (including phenoxy) is 1. The second-order valence-electron chi connectivity index (χ2n) is 4.82. The van der Waals surface area contributed by atoms with Gasteiger partial charge in [0.15, 0.2) is 0 Å². The average molecular weight is 262 g/mol. The van der Waals surface area contributed by atoms with Crippen molar-refractivity contribution >= 4 is 11.6 Å². The van der Waals surface area contributed by atoms with Crippen molar-refractivity contribution in [3.8, 4) is 0 Å². The minimum absolute atomic E-state index is 0.106. The number of nitrogens with one attached hydrogen (secondary N) is 1. The standard InChI is InChI=1S/C15H22N2O2/c1-3-14(18)17(13-7-5-4-6-8-13)15(19-2)9-11-16-12-10-15/h4-8,16H,3,9-12H2,1-2H3. The molecule has 0 atom stereocenters. The molecule has 1 N–H and O–H groups in total. The minimum Gasteiger partial charge on any atom is -0.358 e. The Hall–Kier alpha value is -1.39. The van der Waals surface area contributed by atoms with Crippen molar-refractivity contribution in [3.05, 3.63) is 30.3 Å². The lowest BCUT2D eigenvalue weighted by molar-refractivity contribution is -0.126. The van der Waals surface area contributed by atoms with Crippen molar-refractivity contribution < 1.29 is 9.53 Å². The summed E-state index contributed by atoms with van der Waals surface area (Å²) in [5.41, 5.74) is 0.401. The fraction of sp³-hybridized carbons (Fsp3) is 0.533. The van der Waals surface area contributed by atoms with Crippen LogP contribution in [0.5, 0.6) is 0 Å². The number of piperidine rings is 1. The Morgan fingerprint density at radius 3 is 2.47 bits per heavy atom. The number of para-hydroxylation sites is 1. The average Bonchev–Trinajstić information content (AvgIpc) is 2.49. The number of methoxy groups -OCH3 is 1. The van der Waals surface area contributed by atoms with E-state index in [9.17, 15) is 4.79 Å². The number of nitrogens with zero attached hydrogens (tertiary/aromatic N) is 1. The van der Waals surface area contributed by atoms with Crippen LogP contribution in [0.4, 0.5) is 5.69 Å². The molecule has 1 fully saturated rings. The van der Waals surface area contributed by atoms with Crippen LogP contribution in [0.15, 0.2) is 30.3 Å². The molecule has 1 heterocycles. The third-order valence-corrected chi connectivity index (χ3v) is 3.74. The molecule has 0 bridgehead atoms. The van der Waals surface area contributed by atoms with Gasteiger partial charge < -0.3 is 10.1 Å². The summed E-state index contributed by atoms with van der Waals surface area (Å²) in [4.78, 5) is 14.2. The summed E-state index contributed by atoms with van der Waals surface area (Å²) in [6.45, 7) is 3.63. The van der Waals surface area contributed by atoms with Crippen LogP contribution in [0, 0.1) is 0 Å². The Morgan fingerprint density at radius 1 is 1.32 bits per heavy atom. The molecular formula is C15H22N2O2. The molecule has 1 amide bonds. The van der Waals surface area contributed by atoms with Crippen LogP contribution < -0.4 is 10.2 Å². The molecule has 0 unspecified atom stereocenters. The second-order valence-corrected chi connectivity index (χ2v) is 4.82. The number of amides is 1. The van der Waals surface area contributed by atoms with Gasteiger partial charge in [0.2, 0.25) is 5.91 Å². The van der Waals surface area contributed by atoms with Gasteiger partial charge in [0.05, 0.1) is 0 Å². The van der Waals surface area contributed by atoms with E-state index in [1.807, 2.05) is 42.2 Å². The van der Waals surface area contributed by atoms with E-state index in [0.29, 0.717) is 6.42 Å². The molecular weight excluding hydrogens is 240 g/mol. The van der Waals surface area contributed by atoms with E-state index in [1.165, 1.54) is 0 Å². The maximum atomic E-state index is 12.4. The Kier molecular flexibility index (Phi) is 4.56. The first kappa shape index (κ1) is 14.0. The van der Waals surface area contributed by atoms with Crippen LogP contribution in [-0.4, -0.2) is 31.8 Å². The van der Waals surface area contributed by atoms with Crippen molar-refractivity contribution in [1.82, 2.24) is 5.32 Å². The third kappa shape index (κ3) is 2.80. The van der Waals surface area contributed by atoms with Crippen molar-refractivity contribution in [2.45, 2.75) is 31.9 Å². The molecule has 0 spiro atoms. The number of carbonyl (C=O) groups excluding carboxylic acids is 1. The van der Waals surface area contributed by atoms with Crippen molar-refractivity contribution in [2.75, 3.05) is 25.1 Å². The van der Waals surface area contributed by atoms with Gasteiger partial charge in [0, 0.05) is 32.1 Å². The van der Waals surface area contributed by atoms with E-state index in [1.54, 1.807) is 7.11 Å². The number of anilines is 1. The molecule has 1 aliphatic heterocycles. The lowest BCUT2D eigenvalue weighted by Gasteiger charge is -2.45. The monoisotopic (exact) mass is 262 g/mol. The molecule has 1 aliphatic rings. The van der Waals surface area contributed by atoms with Gasteiger partial charge in [-0.3, -0.25) is 9.69 Å². The highest BCUT2D eigenvalue weighted by atomic mass is 16.5. The summed E-state index contributed by atoms with van der Waals surface area (Å²) in [6, 6.07) is 9.80. The number of rotatable bonds is 4. The van der Waals surface area contributed by atoms with Crippen molar-refractivity contribution in [1.29, 1.82) is 0 Å². The topological polar surface area (TPSA) is 41.6 Å². The molecule has 1 saturated heterocycles. The molecule has 1 aromatic rings. The highest BCUT2D eigenvalue weighted by Crippen LogP contribution is 2.32. The van der Waals surface area contributed by atoms with Crippen LogP contribution in [0.25, 0.3) is 0 Å². The summed E-state index contributed by atoms with van der Waals surface area (Å²) < 4.78 is 5.78. The fourth-order valence-corrected chi connectivity index (χ4v) is 2.68. The normalized spacial score (nSPS) is 18.0. The van der Waals surface area contributed by atoms with Crippen LogP contribution in [-0.2, 0) is 9.53 Å². The van der Waals surface area contributed by atoms with Gasteiger partial charge in [-0.15, -0.1) is 0 Å². The van der Waals surface area contributed by atoms with Gasteiger partial charge in [-0.1, -0.05) is 25.1 Å². The molecule has 4 nitrogen and oxygen atoms in total. The maximum Gasteiger partial charge on any atom is 0.229 e. The van der Waals surface area contributed by atoms with Gasteiger partial charge in [0.25, 0.3) is 0 Å². The summed E-state index contributed by atoms with van der Waals surface area (Å²) in [6.07, 6.45) is 2.10. The lowest BCUT2D eigenvalue weighted by Crippen LogP contribution is -2.58. The number of hydrogen-bond acceptors (Lipinski definition) is 3. The van der Waals surface area contributed by atoms with E-state index in [0.717, 1.165) is 31.6 Å². The molecule has 104 valence electrons. The quantitative estimate of drug-likeness (QED) is 0.845. The van der Waals surface area contributed by atoms with E-state index in [4.69, 9.17) is 4.74 Å². The first-order valence-corrected chi connectivity index (χ1v) is 6.87. The fourth-order valence-electron chi connectivity index (χ4n) is 2.68. The Bertz CT molecular complexity index is 413. The van der Waals surface area contributed by atoms with Crippen LogP contribution in [0.1, 0.15) is 26.2 Å². The number of carbonyl (C=O) groups is 1. The smallest absolute Gasteiger partial charge is 0.229 e. The molecule has 0 radical (unpaired) electrons. The largest absolute Gasteiger partial charge is 0.358 e. The summed E-state index contributed by atoms with van der Waals surface area (Å²) in [5.74, 6) is 0.106. The maximum absolute atomic E-state index is 12.4. The highest BCUT2D eigenvalue weighted by Gasteiger charge is 2.41. The predicted molar refractivity (Wildman–Crippen MR) is 76.1 cm³/mol. The zero-order valence-corrected chi connectivity index (χ0v) is 11.7. The Morgan fingerprint density at radius 2 is 1.95 bits per heavy atom. The molecule has 0 saturated carbocycles. The van der Waals surface area contributed by atoms with E-state index in [2.05, 4.69) is 5.32 Å². The van der Waals surface area contributed by atoms with Crippen molar-refractivity contribution in [3.63, 3.8) is 0 Å².